The van der Waals surface area contributed by atoms with Crippen LogP contribution < -0.4 is 4.74 Å². The number of allylic oxidation sites excluding steroid dienone is 1. The van der Waals surface area contributed by atoms with E-state index in [2.05, 4.69) is 15.9 Å². The number of para-hydroxylation sites is 1. The summed E-state index contributed by atoms with van der Waals surface area (Å²) in [6.45, 7) is 0.0762. The number of nitro groups is 1. The molecule has 8 heteroatoms. The first kappa shape index (κ1) is 19.8. The highest BCUT2D eigenvalue weighted by molar-refractivity contribution is 9.10. The number of nitrogens with zero attached hydrogens (tertiary/aromatic N) is 1. The number of Topliss-reactive ketones (excluding diaryl/α,β-unsaturated/α-hetero) is 2. The number of halogens is 1. The molecule has 1 saturated carbocycles. The molecule has 0 saturated heterocycles. The van der Waals surface area contributed by atoms with Crippen LogP contribution in [0.5, 0.6) is 5.75 Å². The Hall–Kier alpha value is -3.00. The van der Waals surface area contributed by atoms with Crippen molar-refractivity contribution in [3.8, 4) is 5.75 Å². The summed E-state index contributed by atoms with van der Waals surface area (Å²) in [6.07, 6.45) is 0.657. The normalized spacial score (nSPS) is 14.1. The third kappa shape index (κ3) is 4.12. The molecule has 0 unspecified atom stereocenters. The minimum Gasteiger partial charge on any atom is -0.506 e. The zero-order valence-electron chi connectivity index (χ0n) is 14.7. The van der Waals surface area contributed by atoms with E-state index in [-0.39, 0.29) is 36.3 Å². The molecule has 1 fully saturated rings. The van der Waals surface area contributed by atoms with Gasteiger partial charge in [-0.05, 0) is 36.2 Å². The van der Waals surface area contributed by atoms with Crippen molar-refractivity contribution in [1.82, 2.24) is 0 Å². The quantitative estimate of drug-likeness (QED) is 0.238. The van der Waals surface area contributed by atoms with Gasteiger partial charge in [0.05, 0.1) is 10.5 Å². The summed E-state index contributed by atoms with van der Waals surface area (Å²) in [7, 11) is 0. The van der Waals surface area contributed by atoms with Crippen LogP contribution in [0.3, 0.4) is 0 Å². The molecule has 28 heavy (non-hydrogen) atoms. The topological polar surface area (TPSA) is 107 Å². The highest BCUT2D eigenvalue weighted by atomic mass is 79.9. The molecule has 0 radical (unpaired) electrons. The molecule has 2 aromatic rings. The molecule has 0 spiro atoms. The monoisotopic (exact) mass is 445 g/mol. The van der Waals surface area contributed by atoms with Crippen LogP contribution in [-0.2, 0) is 16.2 Å². The average molecular weight is 446 g/mol. The van der Waals surface area contributed by atoms with Crippen LogP contribution in [0.2, 0.25) is 0 Å². The van der Waals surface area contributed by atoms with Crippen LogP contribution in [0.25, 0.3) is 5.76 Å². The van der Waals surface area contributed by atoms with Crippen molar-refractivity contribution >= 4 is 38.9 Å². The van der Waals surface area contributed by atoms with E-state index in [9.17, 15) is 24.8 Å². The second-order valence-corrected chi connectivity index (χ2v) is 7.16. The minimum atomic E-state index is -0.694. The first-order valence-electron chi connectivity index (χ1n) is 8.53. The number of aliphatic hydroxyl groups is 1. The third-order valence-corrected chi connectivity index (χ3v) is 4.88. The number of carbonyl (C=O) groups is 2. The molecule has 3 rings (SSSR count). The summed E-state index contributed by atoms with van der Waals surface area (Å²) < 4.78 is 6.49. The zero-order chi connectivity index (χ0) is 20.3. The lowest BCUT2D eigenvalue weighted by Gasteiger charge is -2.15. The maximum Gasteiger partial charge on any atom is 0.321 e. The molecule has 144 valence electrons. The largest absolute Gasteiger partial charge is 0.506 e. The number of nitro benzene ring substituents is 1. The van der Waals surface area contributed by atoms with E-state index in [4.69, 9.17) is 4.74 Å². The van der Waals surface area contributed by atoms with Crippen molar-refractivity contribution < 1.29 is 24.4 Å². The third-order valence-electron chi connectivity index (χ3n) is 4.35. The Kier molecular flexibility index (Phi) is 5.89. The van der Waals surface area contributed by atoms with Gasteiger partial charge in [0.1, 0.15) is 17.9 Å². The summed E-state index contributed by atoms with van der Waals surface area (Å²) in [6, 6.07) is 11.4. The summed E-state index contributed by atoms with van der Waals surface area (Å²) in [5, 5.41) is 22.2. The highest BCUT2D eigenvalue weighted by Crippen LogP contribution is 2.37. The van der Waals surface area contributed by atoms with Crippen LogP contribution in [0.4, 0.5) is 5.69 Å². The highest BCUT2D eigenvalue weighted by Gasteiger charge is 2.32. The Morgan fingerprint density at radius 3 is 2.36 bits per heavy atom. The molecular formula is C20H16BrNO6. The van der Waals surface area contributed by atoms with E-state index >= 15 is 0 Å². The standard InChI is InChI=1S/C20H16BrNO6/c21-13-9-7-12(8-10-13)11-28-17-6-1-3-14(19(17)22(26)27)20(25)18-15(23)4-2-5-16(18)24/h1,3,6-10,25H,2,4-5,11H2. The molecule has 0 atom stereocenters. The van der Waals surface area contributed by atoms with Gasteiger partial charge in [0.15, 0.2) is 17.3 Å². The Morgan fingerprint density at radius 2 is 1.75 bits per heavy atom. The molecule has 0 heterocycles. The van der Waals surface area contributed by atoms with E-state index in [1.807, 2.05) is 12.1 Å². The second-order valence-electron chi connectivity index (χ2n) is 6.25. The van der Waals surface area contributed by atoms with Gasteiger partial charge in [-0.2, -0.15) is 0 Å². The lowest BCUT2D eigenvalue weighted by atomic mass is 9.89. The van der Waals surface area contributed by atoms with Crippen molar-refractivity contribution in [3.05, 3.63) is 73.8 Å². The van der Waals surface area contributed by atoms with Gasteiger partial charge in [-0.15, -0.1) is 0 Å². The number of benzene rings is 2. The van der Waals surface area contributed by atoms with Crippen LogP contribution in [0, 0.1) is 10.1 Å². The predicted octanol–water partition coefficient (Wildman–Crippen LogP) is 4.53. The Labute approximate surface area is 168 Å². The molecule has 0 aromatic heterocycles. The van der Waals surface area contributed by atoms with Crippen LogP contribution >= 0.6 is 15.9 Å². The van der Waals surface area contributed by atoms with E-state index in [0.717, 1.165) is 10.0 Å². The molecule has 7 nitrogen and oxygen atoms in total. The van der Waals surface area contributed by atoms with Crippen molar-refractivity contribution in [1.29, 1.82) is 0 Å². The van der Waals surface area contributed by atoms with Crippen molar-refractivity contribution in [3.63, 3.8) is 0 Å². The van der Waals surface area contributed by atoms with E-state index in [0.29, 0.717) is 6.42 Å². The molecule has 0 amide bonds. The number of aliphatic hydroxyl groups excluding tert-OH is 1. The lowest BCUT2D eigenvalue weighted by Crippen LogP contribution is -2.20. The van der Waals surface area contributed by atoms with Gasteiger partial charge in [0.25, 0.3) is 0 Å². The summed E-state index contributed by atoms with van der Waals surface area (Å²) >= 11 is 3.33. The Bertz CT molecular complexity index is 963. The van der Waals surface area contributed by atoms with Crippen LogP contribution in [-0.4, -0.2) is 21.6 Å². The van der Waals surface area contributed by atoms with Gasteiger partial charge in [-0.3, -0.25) is 19.7 Å². The van der Waals surface area contributed by atoms with Gasteiger partial charge in [0.2, 0.25) is 0 Å². The molecule has 0 bridgehead atoms. The fourth-order valence-electron chi connectivity index (χ4n) is 2.97. The summed E-state index contributed by atoms with van der Waals surface area (Å²) in [4.78, 5) is 35.1. The van der Waals surface area contributed by atoms with Gasteiger partial charge in [-0.1, -0.05) is 34.1 Å². The van der Waals surface area contributed by atoms with Crippen LogP contribution in [0.1, 0.15) is 30.4 Å². The zero-order valence-corrected chi connectivity index (χ0v) is 16.3. The molecule has 1 aliphatic rings. The molecular weight excluding hydrogens is 430 g/mol. The number of hydrogen-bond acceptors (Lipinski definition) is 6. The predicted molar refractivity (Wildman–Crippen MR) is 105 cm³/mol. The van der Waals surface area contributed by atoms with Gasteiger partial charge in [-0.25, -0.2) is 0 Å². The lowest BCUT2D eigenvalue weighted by molar-refractivity contribution is -0.386. The van der Waals surface area contributed by atoms with E-state index in [1.54, 1.807) is 12.1 Å². The minimum absolute atomic E-state index is 0.0618. The second kappa shape index (κ2) is 8.35. The first-order valence-corrected chi connectivity index (χ1v) is 9.32. The van der Waals surface area contributed by atoms with Crippen LogP contribution in [0.15, 0.2) is 52.5 Å². The summed E-state index contributed by atoms with van der Waals surface area (Å²) in [5.41, 5.74) is -0.282. The molecule has 0 aliphatic heterocycles. The van der Waals surface area contributed by atoms with Gasteiger partial charge < -0.3 is 9.84 Å². The fourth-order valence-corrected chi connectivity index (χ4v) is 3.24. The Balaban J connectivity index is 2.00. The summed E-state index contributed by atoms with van der Waals surface area (Å²) in [5.74, 6) is -1.75. The van der Waals surface area contributed by atoms with Gasteiger partial charge >= 0.3 is 5.69 Å². The van der Waals surface area contributed by atoms with E-state index < -0.39 is 27.9 Å². The van der Waals surface area contributed by atoms with Crippen molar-refractivity contribution in [2.45, 2.75) is 25.9 Å². The number of carbonyl (C=O) groups excluding carboxylic acids is 2. The number of ketones is 2. The fraction of sp³-hybridized carbons (Fsp3) is 0.200. The maximum atomic E-state index is 12.1. The van der Waals surface area contributed by atoms with Crippen molar-refractivity contribution in [2.24, 2.45) is 0 Å². The molecule has 1 aliphatic carbocycles. The number of rotatable bonds is 5. The number of hydrogen-bond donors (Lipinski definition) is 1. The Morgan fingerprint density at radius 1 is 1.11 bits per heavy atom. The SMILES string of the molecule is O=C1CCCC(=O)C1=C(O)c1cccc(OCc2ccc(Br)cc2)c1[N+](=O)[O-]. The van der Waals surface area contributed by atoms with Crippen molar-refractivity contribution in [2.75, 3.05) is 0 Å². The smallest absolute Gasteiger partial charge is 0.321 e. The number of ether oxygens (including phenoxy) is 1. The van der Waals surface area contributed by atoms with Gasteiger partial charge in [0, 0.05) is 17.3 Å². The molecule has 2 aromatic carbocycles. The van der Waals surface area contributed by atoms with E-state index in [1.165, 1.54) is 18.2 Å². The average Bonchev–Trinajstić information content (AvgIpc) is 2.66. The maximum absolute atomic E-state index is 12.1. The first-order chi connectivity index (χ1) is 13.4. The molecule has 1 N–H and O–H groups in total.